The largest absolute Gasteiger partial charge is 0.393 e. The Morgan fingerprint density at radius 3 is 2.82 bits per heavy atom. The van der Waals surface area contributed by atoms with Crippen LogP contribution in [0.15, 0.2) is 24.3 Å². The van der Waals surface area contributed by atoms with Gasteiger partial charge in [-0.2, -0.15) is 0 Å². The number of halogens is 1. The molecular weight excluding hydrogens is 221 g/mol. The number of amides is 1. The van der Waals surface area contributed by atoms with Crippen LogP contribution in [0.5, 0.6) is 0 Å². The third kappa shape index (κ3) is 2.47. The van der Waals surface area contributed by atoms with Crippen molar-refractivity contribution in [2.45, 2.75) is 19.4 Å². The van der Waals surface area contributed by atoms with Gasteiger partial charge in [0, 0.05) is 19.0 Å². The minimum Gasteiger partial charge on any atom is -0.393 e. The van der Waals surface area contributed by atoms with Crippen LogP contribution in [-0.4, -0.2) is 35.1 Å². The summed E-state index contributed by atoms with van der Waals surface area (Å²) in [4.78, 5) is 13.6. The number of benzene rings is 1. The van der Waals surface area contributed by atoms with Crippen molar-refractivity contribution in [1.29, 1.82) is 0 Å². The summed E-state index contributed by atoms with van der Waals surface area (Å²) in [6.45, 7) is 2.81. The lowest BCUT2D eigenvalue weighted by Crippen LogP contribution is -2.30. The molecule has 2 unspecified atom stereocenters. The highest BCUT2D eigenvalue weighted by molar-refractivity contribution is 5.94. The molecule has 0 aliphatic carbocycles. The van der Waals surface area contributed by atoms with Crippen molar-refractivity contribution in [2.75, 3.05) is 13.1 Å². The van der Waals surface area contributed by atoms with Crippen molar-refractivity contribution < 1.29 is 14.3 Å². The van der Waals surface area contributed by atoms with E-state index < -0.39 is 11.9 Å². The van der Waals surface area contributed by atoms with Gasteiger partial charge < -0.3 is 10.0 Å². The molecule has 17 heavy (non-hydrogen) atoms. The fourth-order valence-corrected chi connectivity index (χ4v) is 2.17. The molecule has 1 N–H and O–H groups in total. The van der Waals surface area contributed by atoms with Crippen LogP contribution in [-0.2, 0) is 0 Å². The third-order valence-electron chi connectivity index (χ3n) is 3.30. The van der Waals surface area contributed by atoms with Crippen LogP contribution in [0, 0.1) is 11.7 Å². The predicted molar refractivity (Wildman–Crippen MR) is 62.1 cm³/mol. The van der Waals surface area contributed by atoms with Gasteiger partial charge in [0.25, 0.3) is 5.91 Å². The molecule has 4 heteroatoms. The van der Waals surface area contributed by atoms with E-state index in [4.69, 9.17) is 0 Å². The van der Waals surface area contributed by atoms with Gasteiger partial charge in [0.1, 0.15) is 5.82 Å². The van der Waals surface area contributed by atoms with Crippen LogP contribution in [0.25, 0.3) is 0 Å². The zero-order chi connectivity index (χ0) is 12.4. The SMILES string of the molecule is CC(O)C1CCN(C(=O)c2ccccc2F)C1. The summed E-state index contributed by atoms with van der Waals surface area (Å²) in [5.74, 6) is -0.671. The lowest BCUT2D eigenvalue weighted by Gasteiger charge is -2.18. The zero-order valence-corrected chi connectivity index (χ0v) is 9.77. The van der Waals surface area contributed by atoms with Gasteiger partial charge in [-0.15, -0.1) is 0 Å². The lowest BCUT2D eigenvalue weighted by molar-refractivity contribution is 0.0758. The summed E-state index contributed by atoms with van der Waals surface area (Å²) in [5, 5.41) is 9.46. The van der Waals surface area contributed by atoms with Gasteiger partial charge in [-0.3, -0.25) is 4.79 Å². The number of carbonyl (C=O) groups excluding carboxylic acids is 1. The number of carbonyl (C=O) groups is 1. The van der Waals surface area contributed by atoms with Gasteiger partial charge in [-0.05, 0) is 25.5 Å². The van der Waals surface area contributed by atoms with Gasteiger partial charge >= 0.3 is 0 Å². The Kier molecular flexibility index (Phi) is 3.43. The van der Waals surface area contributed by atoms with E-state index in [1.807, 2.05) is 0 Å². The smallest absolute Gasteiger partial charge is 0.256 e. The highest BCUT2D eigenvalue weighted by atomic mass is 19.1. The Bertz CT molecular complexity index is 420. The molecule has 1 aromatic carbocycles. The van der Waals surface area contributed by atoms with Crippen LogP contribution in [0.3, 0.4) is 0 Å². The standard InChI is InChI=1S/C13H16FNO2/c1-9(16)10-6-7-15(8-10)13(17)11-4-2-3-5-12(11)14/h2-5,9-10,16H,6-8H2,1H3. The monoisotopic (exact) mass is 237 g/mol. The van der Waals surface area contributed by atoms with Crippen LogP contribution in [0.2, 0.25) is 0 Å². The summed E-state index contributed by atoms with van der Waals surface area (Å²) in [5.41, 5.74) is 0.110. The van der Waals surface area contributed by atoms with E-state index in [9.17, 15) is 14.3 Å². The Morgan fingerprint density at radius 2 is 2.24 bits per heavy atom. The lowest BCUT2D eigenvalue weighted by atomic mass is 10.0. The third-order valence-corrected chi connectivity index (χ3v) is 3.30. The molecule has 3 nitrogen and oxygen atoms in total. The Hall–Kier alpha value is -1.42. The molecule has 1 amide bonds. The van der Waals surface area contributed by atoms with E-state index >= 15 is 0 Å². The minimum atomic E-state index is -0.488. The fourth-order valence-electron chi connectivity index (χ4n) is 2.17. The first kappa shape index (κ1) is 12.0. The molecule has 1 heterocycles. The average Bonchev–Trinajstić information content (AvgIpc) is 2.78. The van der Waals surface area contributed by atoms with Crippen LogP contribution in [0.1, 0.15) is 23.7 Å². The maximum Gasteiger partial charge on any atom is 0.256 e. The number of hydrogen-bond acceptors (Lipinski definition) is 2. The maximum atomic E-state index is 13.5. The molecule has 1 aliphatic heterocycles. The van der Waals surface area contributed by atoms with Crippen molar-refractivity contribution >= 4 is 5.91 Å². The van der Waals surface area contributed by atoms with Crippen molar-refractivity contribution in [3.63, 3.8) is 0 Å². The number of hydrogen-bond donors (Lipinski definition) is 1. The highest BCUT2D eigenvalue weighted by Gasteiger charge is 2.30. The summed E-state index contributed by atoms with van der Waals surface area (Å²) >= 11 is 0. The molecule has 2 atom stereocenters. The molecule has 1 saturated heterocycles. The Labute approximate surface area is 99.9 Å². The minimum absolute atomic E-state index is 0.103. The number of aliphatic hydroxyl groups excluding tert-OH is 1. The molecule has 0 saturated carbocycles. The Balaban J connectivity index is 2.10. The number of likely N-dealkylation sites (tertiary alicyclic amines) is 1. The van der Waals surface area contributed by atoms with Crippen molar-refractivity contribution in [3.8, 4) is 0 Å². The average molecular weight is 237 g/mol. The molecule has 0 bridgehead atoms. The van der Waals surface area contributed by atoms with Crippen LogP contribution >= 0.6 is 0 Å². The van der Waals surface area contributed by atoms with E-state index in [1.165, 1.54) is 12.1 Å². The van der Waals surface area contributed by atoms with E-state index in [0.29, 0.717) is 13.1 Å². The van der Waals surface area contributed by atoms with Gasteiger partial charge in [-0.1, -0.05) is 12.1 Å². The molecule has 1 aliphatic rings. The second kappa shape index (κ2) is 4.84. The predicted octanol–water partition coefficient (Wildman–Crippen LogP) is 1.67. The summed E-state index contributed by atoms with van der Waals surface area (Å²) in [6.07, 6.45) is 0.353. The number of nitrogens with zero attached hydrogens (tertiary/aromatic N) is 1. The van der Waals surface area contributed by atoms with Crippen molar-refractivity contribution in [3.05, 3.63) is 35.6 Å². The topological polar surface area (TPSA) is 40.5 Å². The normalized spacial score (nSPS) is 21.6. The number of aliphatic hydroxyl groups is 1. The second-order valence-electron chi connectivity index (χ2n) is 4.52. The second-order valence-corrected chi connectivity index (χ2v) is 4.52. The molecule has 92 valence electrons. The van der Waals surface area contributed by atoms with E-state index in [2.05, 4.69) is 0 Å². The quantitative estimate of drug-likeness (QED) is 0.850. The molecule has 2 rings (SSSR count). The molecule has 0 spiro atoms. The van der Waals surface area contributed by atoms with E-state index in [1.54, 1.807) is 24.0 Å². The summed E-state index contributed by atoms with van der Waals surface area (Å²) in [7, 11) is 0. The van der Waals surface area contributed by atoms with Gasteiger partial charge in [0.15, 0.2) is 0 Å². The molecule has 1 fully saturated rings. The van der Waals surface area contributed by atoms with E-state index in [0.717, 1.165) is 6.42 Å². The van der Waals surface area contributed by atoms with Gasteiger partial charge in [0.05, 0.1) is 11.7 Å². The molecular formula is C13H16FNO2. The summed E-state index contributed by atoms with van der Waals surface area (Å²) < 4.78 is 13.5. The van der Waals surface area contributed by atoms with Crippen LogP contribution < -0.4 is 0 Å². The van der Waals surface area contributed by atoms with Crippen molar-refractivity contribution in [2.24, 2.45) is 5.92 Å². The number of rotatable bonds is 2. The molecule has 0 radical (unpaired) electrons. The first-order valence-electron chi connectivity index (χ1n) is 5.81. The Morgan fingerprint density at radius 1 is 1.53 bits per heavy atom. The highest BCUT2D eigenvalue weighted by Crippen LogP contribution is 2.22. The van der Waals surface area contributed by atoms with Crippen molar-refractivity contribution in [1.82, 2.24) is 4.90 Å². The van der Waals surface area contributed by atoms with E-state index in [-0.39, 0.29) is 17.4 Å². The first-order valence-corrected chi connectivity index (χ1v) is 5.81. The maximum absolute atomic E-state index is 13.5. The first-order chi connectivity index (χ1) is 8.09. The van der Waals surface area contributed by atoms with Gasteiger partial charge in [-0.25, -0.2) is 4.39 Å². The zero-order valence-electron chi connectivity index (χ0n) is 9.77. The summed E-state index contributed by atoms with van der Waals surface area (Å²) in [6, 6.07) is 6.00. The van der Waals surface area contributed by atoms with Gasteiger partial charge in [0.2, 0.25) is 0 Å². The fraction of sp³-hybridized carbons (Fsp3) is 0.462. The molecule has 1 aromatic rings. The van der Waals surface area contributed by atoms with Crippen LogP contribution in [0.4, 0.5) is 4.39 Å². The molecule has 0 aromatic heterocycles.